The van der Waals surface area contributed by atoms with Crippen LogP contribution >= 0.6 is 0 Å². The van der Waals surface area contributed by atoms with E-state index in [2.05, 4.69) is 5.32 Å². The Kier molecular flexibility index (Phi) is 7.35. The van der Waals surface area contributed by atoms with Crippen LogP contribution in [0.4, 0.5) is 0 Å². The summed E-state index contributed by atoms with van der Waals surface area (Å²) in [5.74, 6) is -0.581. The molecule has 21 heavy (non-hydrogen) atoms. The number of rotatable bonds is 9. The molecule has 0 aliphatic rings. The minimum atomic E-state index is -3.44. The largest absolute Gasteiger partial charge is 0.391 e. The molecule has 2 N–H and O–H groups in total. The fourth-order valence-corrected chi connectivity index (χ4v) is 2.98. The summed E-state index contributed by atoms with van der Waals surface area (Å²) in [6, 6.07) is 8.04. The number of methoxy groups -OCH3 is 1. The van der Waals surface area contributed by atoms with Gasteiger partial charge in [0.15, 0.2) is 9.84 Å². The normalized spacial score (nSPS) is 12.9. The van der Waals surface area contributed by atoms with Crippen LogP contribution in [0.25, 0.3) is 0 Å². The minimum Gasteiger partial charge on any atom is -0.391 e. The molecule has 0 aliphatic carbocycles. The van der Waals surface area contributed by atoms with E-state index in [0.717, 1.165) is 0 Å². The first-order chi connectivity index (χ1) is 9.95. The van der Waals surface area contributed by atoms with Crippen molar-refractivity contribution in [2.24, 2.45) is 0 Å². The van der Waals surface area contributed by atoms with E-state index in [0.29, 0.717) is 6.42 Å². The van der Waals surface area contributed by atoms with E-state index in [-0.39, 0.29) is 36.1 Å². The predicted octanol–water partition coefficient (Wildman–Crippen LogP) is 0.364. The van der Waals surface area contributed by atoms with Crippen molar-refractivity contribution < 1.29 is 23.1 Å². The molecule has 0 heterocycles. The molecule has 0 saturated heterocycles. The zero-order chi connectivity index (χ0) is 15.7. The maximum Gasteiger partial charge on any atom is 0.221 e. The predicted molar refractivity (Wildman–Crippen MR) is 78.6 cm³/mol. The molecule has 0 saturated carbocycles. The topological polar surface area (TPSA) is 92.7 Å². The van der Waals surface area contributed by atoms with Crippen LogP contribution < -0.4 is 5.32 Å². The Morgan fingerprint density at radius 2 is 2.00 bits per heavy atom. The van der Waals surface area contributed by atoms with Crippen molar-refractivity contribution in [1.82, 2.24) is 5.32 Å². The molecular weight excluding hydrogens is 294 g/mol. The van der Waals surface area contributed by atoms with Crippen molar-refractivity contribution in [1.29, 1.82) is 0 Å². The van der Waals surface area contributed by atoms with Crippen molar-refractivity contribution in [3.63, 3.8) is 0 Å². The number of nitrogens with one attached hydrogen (secondary N) is 1. The lowest BCUT2D eigenvalue weighted by Crippen LogP contribution is -2.29. The number of carbonyl (C=O) groups is 1. The molecule has 1 aromatic rings. The summed E-state index contributed by atoms with van der Waals surface area (Å²) >= 11 is 0. The highest BCUT2D eigenvalue weighted by Gasteiger charge is 2.16. The van der Waals surface area contributed by atoms with E-state index in [9.17, 15) is 18.3 Å². The first-order valence-corrected chi connectivity index (χ1v) is 8.32. The molecule has 0 bridgehead atoms. The van der Waals surface area contributed by atoms with E-state index in [1.54, 1.807) is 18.2 Å². The maximum atomic E-state index is 12.0. The van der Waals surface area contributed by atoms with Gasteiger partial charge in [-0.15, -0.1) is 0 Å². The van der Waals surface area contributed by atoms with Crippen molar-refractivity contribution in [3.05, 3.63) is 30.3 Å². The van der Waals surface area contributed by atoms with Gasteiger partial charge in [-0.3, -0.25) is 4.79 Å². The van der Waals surface area contributed by atoms with E-state index >= 15 is 0 Å². The molecule has 1 atom stereocenters. The highest BCUT2D eigenvalue weighted by molar-refractivity contribution is 7.91. The lowest BCUT2D eigenvalue weighted by Gasteiger charge is -2.10. The summed E-state index contributed by atoms with van der Waals surface area (Å²) in [5, 5.41) is 12.0. The zero-order valence-electron chi connectivity index (χ0n) is 12.0. The Hall–Kier alpha value is -1.44. The average Bonchev–Trinajstić information content (AvgIpc) is 2.46. The standard InChI is InChI=1S/C14H21NO5S/c1-20-11-12(16)7-9-15-14(17)8-10-21(18,19)13-5-3-2-4-6-13/h2-6,12,16H,7-11H2,1H3,(H,15,17). The lowest BCUT2D eigenvalue weighted by atomic mass is 10.2. The van der Waals surface area contributed by atoms with Gasteiger partial charge in [0, 0.05) is 20.1 Å². The molecule has 1 rings (SSSR count). The molecule has 7 heteroatoms. The number of hydrogen-bond donors (Lipinski definition) is 2. The maximum absolute atomic E-state index is 12.0. The van der Waals surface area contributed by atoms with Crippen LogP contribution in [-0.2, 0) is 19.4 Å². The second-order valence-electron chi connectivity index (χ2n) is 4.63. The van der Waals surface area contributed by atoms with Crippen LogP contribution in [0.1, 0.15) is 12.8 Å². The molecule has 1 unspecified atom stereocenters. The number of sulfone groups is 1. The third-order valence-corrected chi connectivity index (χ3v) is 4.59. The SMILES string of the molecule is COCC(O)CCNC(=O)CCS(=O)(=O)c1ccccc1. The van der Waals surface area contributed by atoms with Crippen LogP contribution in [0.15, 0.2) is 35.2 Å². The van der Waals surface area contributed by atoms with Gasteiger partial charge in [0.2, 0.25) is 5.91 Å². The summed E-state index contributed by atoms with van der Waals surface area (Å²) in [4.78, 5) is 11.8. The van der Waals surface area contributed by atoms with Gasteiger partial charge < -0.3 is 15.2 Å². The summed E-state index contributed by atoms with van der Waals surface area (Å²) < 4.78 is 28.7. The second kappa shape index (κ2) is 8.76. The Labute approximate surface area is 125 Å². The first-order valence-electron chi connectivity index (χ1n) is 6.67. The Bertz CT molecular complexity index is 530. The van der Waals surface area contributed by atoms with E-state index in [1.807, 2.05) is 0 Å². The quantitative estimate of drug-likeness (QED) is 0.686. The van der Waals surface area contributed by atoms with E-state index < -0.39 is 15.9 Å². The van der Waals surface area contributed by atoms with Gasteiger partial charge in [-0.05, 0) is 18.6 Å². The number of amides is 1. The Morgan fingerprint density at radius 1 is 1.33 bits per heavy atom. The number of hydrogen-bond acceptors (Lipinski definition) is 5. The van der Waals surface area contributed by atoms with Crippen LogP contribution in [0.5, 0.6) is 0 Å². The lowest BCUT2D eigenvalue weighted by molar-refractivity contribution is -0.120. The minimum absolute atomic E-state index is 0.0996. The van der Waals surface area contributed by atoms with Gasteiger partial charge in [-0.2, -0.15) is 0 Å². The fraction of sp³-hybridized carbons (Fsp3) is 0.500. The monoisotopic (exact) mass is 315 g/mol. The molecule has 6 nitrogen and oxygen atoms in total. The summed E-state index contributed by atoms with van der Waals surface area (Å²) in [7, 11) is -1.95. The Morgan fingerprint density at radius 3 is 2.62 bits per heavy atom. The van der Waals surface area contributed by atoms with E-state index in [4.69, 9.17) is 4.74 Å². The Balaban J connectivity index is 2.33. The van der Waals surface area contributed by atoms with E-state index in [1.165, 1.54) is 19.2 Å². The molecule has 0 aliphatic heterocycles. The molecule has 0 aromatic heterocycles. The summed E-state index contributed by atoms with van der Waals surface area (Å²) in [6.07, 6.45) is -0.369. The van der Waals surface area contributed by atoms with Crippen LogP contribution in [-0.4, -0.2) is 51.5 Å². The second-order valence-corrected chi connectivity index (χ2v) is 6.74. The van der Waals surface area contributed by atoms with Gasteiger partial charge in [0.25, 0.3) is 0 Å². The molecule has 1 amide bonds. The molecule has 1 aromatic carbocycles. The van der Waals surface area contributed by atoms with Gasteiger partial charge in [0.1, 0.15) is 0 Å². The van der Waals surface area contributed by atoms with Gasteiger partial charge in [0.05, 0.1) is 23.4 Å². The molecule has 118 valence electrons. The number of benzene rings is 1. The van der Waals surface area contributed by atoms with Crippen molar-refractivity contribution >= 4 is 15.7 Å². The number of carbonyl (C=O) groups excluding carboxylic acids is 1. The smallest absolute Gasteiger partial charge is 0.221 e. The van der Waals surface area contributed by atoms with Crippen LogP contribution in [0.2, 0.25) is 0 Å². The molecule has 0 fully saturated rings. The first kappa shape index (κ1) is 17.6. The number of ether oxygens (including phenoxy) is 1. The summed E-state index contributed by atoms with van der Waals surface area (Å²) in [5.41, 5.74) is 0. The van der Waals surface area contributed by atoms with Crippen molar-refractivity contribution in [3.8, 4) is 0 Å². The van der Waals surface area contributed by atoms with Gasteiger partial charge in [-0.1, -0.05) is 18.2 Å². The van der Waals surface area contributed by atoms with Crippen LogP contribution in [0.3, 0.4) is 0 Å². The van der Waals surface area contributed by atoms with Gasteiger partial charge >= 0.3 is 0 Å². The number of aliphatic hydroxyl groups excluding tert-OH is 1. The summed E-state index contributed by atoms with van der Waals surface area (Å²) in [6.45, 7) is 0.493. The molecular formula is C14H21NO5S. The van der Waals surface area contributed by atoms with Crippen molar-refractivity contribution in [2.45, 2.75) is 23.8 Å². The average molecular weight is 315 g/mol. The van der Waals surface area contributed by atoms with Crippen molar-refractivity contribution in [2.75, 3.05) is 26.0 Å². The third-order valence-electron chi connectivity index (χ3n) is 2.86. The zero-order valence-corrected chi connectivity index (χ0v) is 12.8. The van der Waals surface area contributed by atoms with Gasteiger partial charge in [-0.25, -0.2) is 8.42 Å². The molecule has 0 radical (unpaired) electrons. The number of aliphatic hydroxyl groups is 1. The fourth-order valence-electron chi connectivity index (χ4n) is 1.72. The highest BCUT2D eigenvalue weighted by Crippen LogP contribution is 2.10. The highest BCUT2D eigenvalue weighted by atomic mass is 32.2. The van der Waals surface area contributed by atoms with Crippen LogP contribution in [0, 0.1) is 0 Å². The third kappa shape index (κ3) is 6.70. The molecule has 0 spiro atoms.